The Morgan fingerprint density at radius 1 is 1.32 bits per heavy atom. The molecule has 0 radical (unpaired) electrons. The summed E-state index contributed by atoms with van der Waals surface area (Å²) in [5.74, 6) is 0.0549. The molecular formula is C18H23N3O. The maximum atomic E-state index is 11.3. The normalized spacial score (nSPS) is 18.5. The molecule has 4 heteroatoms. The number of hydrogen-bond donors (Lipinski definition) is 1. The smallest absolute Gasteiger partial charge is 0.217 e. The topological polar surface area (TPSA) is 45.2 Å². The molecule has 0 bridgehead atoms. The van der Waals surface area contributed by atoms with Crippen LogP contribution in [0.1, 0.15) is 31.0 Å². The van der Waals surface area contributed by atoms with Crippen LogP contribution in [0.15, 0.2) is 24.3 Å². The van der Waals surface area contributed by atoms with E-state index in [1.54, 1.807) is 6.92 Å². The predicted molar refractivity (Wildman–Crippen MR) is 90.3 cm³/mol. The molecule has 1 saturated heterocycles. The van der Waals surface area contributed by atoms with E-state index >= 15 is 0 Å². The first-order valence-corrected chi connectivity index (χ1v) is 7.94. The van der Waals surface area contributed by atoms with Crippen molar-refractivity contribution in [3.8, 4) is 0 Å². The molecule has 1 fully saturated rings. The number of pyridine rings is 1. The summed E-state index contributed by atoms with van der Waals surface area (Å²) < 4.78 is 0. The number of piperidine rings is 1. The number of benzene rings is 1. The largest absolute Gasteiger partial charge is 0.369 e. The molecule has 4 nitrogen and oxygen atoms in total. The van der Waals surface area contributed by atoms with E-state index in [9.17, 15) is 4.79 Å². The van der Waals surface area contributed by atoms with Gasteiger partial charge in [0, 0.05) is 37.1 Å². The summed E-state index contributed by atoms with van der Waals surface area (Å²) in [6.07, 6.45) is 2.15. The van der Waals surface area contributed by atoms with Gasteiger partial charge in [0.2, 0.25) is 5.91 Å². The first-order valence-electron chi connectivity index (χ1n) is 7.94. The molecule has 1 aromatic heterocycles. The molecule has 0 aliphatic carbocycles. The van der Waals surface area contributed by atoms with Crippen LogP contribution in [0.25, 0.3) is 10.9 Å². The van der Waals surface area contributed by atoms with Crippen LogP contribution in [-0.2, 0) is 4.79 Å². The fourth-order valence-corrected chi connectivity index (χ4v) is 3.40. The number of hydrogen-bond acceptors (Lipinski definition) is 3. The standard InChI is InChI=1S/C18H23N3O/c1-12-13(2)19-17-9-5-4-8-16(17)18(12)21-10-6-7-15(11-21)20-14(3)22/h4-5,8-9,15H,6-7,10-11H2,1-3H3,(H,20,22). The molecule has 1 aliphatic rings. The lowest BCUT2D eigenvalue weighted by molar-refractivity contribution is -0.119. The van der Waals surface area contributed by atoms with Gasteiger partial charge < -0.3 is 10.2 Å². The Balaban J connectivity index is 2.01. The number of carbonyl (C=O) groups excluding carboxylic acids is 1. The van der Waals surface area contributed by atoms with Gasteiger partial charge in [-0.3, -0.25) is 9.78 Å². The third-order valence-corrected chi connectivity index (χ3v) is 4.49. The minimum Gasteiger partial charge on any atom is -0.369 e. The van der Waals surface area contributed by atoms with Crippen molar-refractivity contribution in [2.75, 3.05) is 18.0 Å². The Kier molecular flexibility index (Phi) is 4.01. The monoisotopic (exact) mass is 297 g/mol. The van der Waals surface area contributed by atoms with Crippen molar-refractivity contribution in [2.45, 2.75) is 39.7 Å². The fourth-order valence-electron chi connectivity index (χ4n) is 3.40. The van der Waals surface area contributed by atoms with Crippen molar-refractivity contribution >= 4 is 22.5 Å². The molecule has 22 heavy (non-hydrogen) atoms. The summed E-state index contributed by atoms with van der Waals surface area (Å²) in [7, 11) is 0. The van der Waals surface area contributed by atoms with Crippen molar-refractivity contribution in [1.82, 2.24) is 10.3 Å². The Hall–Kier alpha value is -2.10. The second-order valence-electron chi connectivity index (χ2n) is 6.17. The van der Waals surface area contributed by atoms with Gasteiger partial charge in [-0.15, -0.1) is 0 Å². The first-order chi connectivity index (χ1) is 10.6. The van der Waals surface area contributed by atoms with Gasteiger partial charge in [0.05, 0.1) is 11.2 Å². The van der Waals surface area contributed by atoms with Crippen LogP contribution in [0.4, 0.5) is 5.69 Å². The average molecular weight is 297 g/mol. The minimum absolute atomic E-state index is 0.0549. The summed E-state index contributed by atoms with van der Waals surface area (Å²) in [5.41, 5.74) is 4.64. The fraction of sp³-hybridized carbons (Fsp3) is 0.444. The SMILES string of the molecule is CC(=O)NC1CCCN(c2c(C)c(C)nc3ccccc23)C1. The number of rotatable bonds is 2. The van der Waals surface area contributed by atoms with E-state index in [0.717, 1.165) is 37.1 Å². The number of carbonyl (C=O) groups is 1. The maximum absolute atomic E-state index is 11.3. The Morgan fingerprint density at radius 2 is 2.09 bits per heavy atom. The van der Waals surface area contributed by atoms with Crippen LogP contribution in [-0.4, -0.2) is 30.0 Å². The molecular weight excluding hydrogens is 274 g/mol. The van der Waals surface area contributed by atoms with Crippen molar-refractivity contribution in [1.29, 1.82) is 0 Å². The summed E-state index contributed by atoms with van der Waals surface area (Å²) in [6.45, 7) is 7.71. The number of nitrogens with zero attached hydrogens (tertiary/aromatic N) is 2. The molecule has 1 aromatic carbocycles. The van der Waals surface area contributed by atoms with E-state index in [1.165, 1.54) is 16.6 Å². The molecule has 1 aliphatic heterocycles. The number of nitrogens with one attached hydrogen (secondary N) is 1. The average Bonchev–Trinajstić information content (AvgIpc) is 2.48. The van der Waals surface area contributed by atoms with Crippen LogP contribution in [0.3, 0.4) is 0 Å². The number of aromatic nitrogens is 1. The van der Waals surface area contributed by atoms with Gasteiger partial charge in [0.1, 0.15) is 0 Å². The molecule has 116 valence electrons. The predicted octanol–water partition coefficient (Wildman–Crippen LogP) is 2.96. The number of aryl methyl sites for hydroxylation is 1. The number of fused-ring (bicyclic) bond motifs is 1. The van der Waals surface area contributed by atoms with Crippen LogP contribution in [0.5, 0.6) is 0 Å². The molecule has 2 heterocycles. The lowest BCUT2D eigenvalue weighted by Gasteiger charge is -2.36. The summed E-state index contributed by atoms with van der Waals surface area (Å²) in [6, 6.07) is 8.55. The highest BCUT2D eigenvalue weighted by Crippen LogP contribution is 2.32. The summed E-state index contributed by atoms with van der Waals surface area (Å²) in [4.78, 5) is 18.5. The van der Waals surface area contributed by atoms with Crippen molar-refractivity contribution in [3.63, 3.8) is 0 Å². The molecule has 3 rings (SSSR count). The van der Waals surface area contributed by atoms with E-state index in [2.05, 4.69) is 42.3 Å². The van der Waals surface area contributed by atoms with Gasteiger partial charge in [-0.1, -0.05) is 18.2 Å². The van der Waals surface area contributed by atoms with Crippen LogP contribution >= 0.6 is 0 Å². The molecule has 0 spiro atoms. The van der Waals surface area contributed by atoms with E-state index in [0.29, 0.717) is 0 Å². The van der Waals surface area contributed by atoms with Crippen LogP contribution in [0.2, 0.25) is 0 Å². The Morgan fingerprint density at radius 3 is 2.86 bits per heavy atom. The zero-order valence-electron chi connectivity index (χ0n) is 13.5. The van der Waals surface area contributed by atoms with Crippen molar-refractivity contribution < 1.29 is 4.79 Å². The second kappa shape index (κ2) is 5.95. The first kappa shape index (κ1) is 14.8. The van der Waals surface area contributed by atoms with Gasteiger partial charge in [-0.25, -0.2) is 0 Å². The maximum Gasteiger partial charge on any atom is 0.217 e. The third kappa shape index (κ3) is 2.78. The molecule has 1 N–H and O–H groups in total. The minimum atomic E-state index is 0.0549. The highest BCUT2D eigenvalue weighted by atomic mass is 16.1. The van der Waals surface area contributed by atoms with Gasteiger partial charge in [0.15, 0.2) is 0 Å². The Labute approximate surface area is 131 Å². The molecule has 1 amide bonds. The zero-order chi connectivity index (χ0) is 15.7. The third-order valence-electron chi connectivity index (χ3n) is 4.49. The molecule has 1 atom stereocenters. The van der Waals surface area contributed by atoms with E-state index in [4.69, 9.17) is 4.98 Å². The van der Waals surface area contributed by atoms with Gasteiger partial charge in [-0.05, 0) is 38.3 Å². The molecule has 1 unspecified atom stereocenters. The molecule has 2 aromatic rings. The van der Waals surface area contributed by atoms with Gasteiger partial charge in [0.25, 0.3) is 0 Å². The zero-order valence-corrected chi connectivity index (χ0v) is 13.5. The highest BCUT2D eigenvalue weighted by Gasteiger charge is 2.23. The lowest BCUT2D eigenvalue weighted by atomic mass is 10.0. The van der Waals surface area contributed by atoms with E-state index in [1.807, 2.05) is 6.07 Å². The lowest BCUT2D eigenvalue weighted by Crippen LogP contribution is -2.47. The molecule has 0 saturated carbocycles. The second-order valence-corrected chi connectivity index (χ2v) is 6.17. The van der Waals surface area contributed by atoms with Gasteiger partial charge >= 0.3 is 0 Å². The quantitative estimate of drug-likeness (QED) is 0.927. The van der Waals surface area contributed by atoms with E-state index in [-0.39, 0.29) is 11.9 Å². The van der Waals surface area contributed by atoms with Crippen molar-refractivity contribution in [2.24, 2.45) is 0 Å². The number of anilines is 1. The van der Waals surface area contributed by atoms with Crippen LogP contribution in [0, 0.1) is 13.8 Å². The summed E-state index contributed by atoms with van der Waals surface area (Å²) in [5, 5.41) is 4.27. The van der Waals surface area contributed by atoms with E-state index < -0.39 is 0 Å². The Bertz CT molecular complexity index is 711. The number of amides is 1. The van der Waals surface area contributed by atoms with Gasteiger partial charge in [-0.2, -0.15) is 0 Å². The number of para-hydroxylation sites is 1. The van der Waals surface area contributed by atoms with Crippen molar-refractivity contribution in [3.05, 3.63) is 35.5 Å². The summed E-state index contributed by atoms with van der Waals surface area (Å²) >= 11 is 0. The highest BCUT2D eigenvalue weighted by molar-refractivity contribution is 5.94. The van der Waals surface area contributed by atoms with Crippen LogP contribution < -0.4 is 10.2 Å².